The summed E-state index contributed by atoms with van der Waals surface area (Å²) in [4.78, 5) is 20.7. The Morgan fingerprint density at radius 3 is 2.02 bits per heavy atom. The summed E-state index contributed by atoms with van der Waals surface area (Å²) in [5.74, 6) is -1.57. The van der Waals surface area contributed by atoms with Gasteiger partial charge in [0.15, 0.2) is 9.84 Å². The van der Waals surface area contributed by atoms with E-state index >= 15 is 0 Å². The highest BCUT2D eigenvalue weighted by Gasteiger charge is 2.41. The average molecular weight is 630 g/mol. The Bertz CT molecular complexity index is 1680. The molecule has 2 heterocycles. The molecule has 43 heavy (non-hydrogen) atoms. The minimum Gasteiger partial charge on any atom is -0.338 e. The molecule has 1 aliphatic rings. The Hall–Kier alpha value is -3.94. The molecule has 4 rings (SSSR count). The van der Waals surface area contributed by atoms with Gasteiger partial charge >= 0.3 is 12.4 Å². The van der Waals surface area contributed by atoms with Crippen molar-refractivity contribution < 1.29 is 43.9 Å². The van der Waals surface area contributed by atoms with Crippen LogP contribution in [0.4, 0.5) is 42.2 Å². The SMILES string of the molecule is Cc1cc(F)ccc1-c1cc(N2CC=CS(=O)(=O)C2)ncc1N(C)C(=O)C(C)(C)c1cc(C(F)(F)F)cc(C(F)(F)F)c1. The smallest absolute Gasteiger partial charge is 0.338 e. The molecule has 0 saturated carbocycles. The molecule has 0 fully saturated rings. The van der Waals surface area contributed by atoms with Crippen LogP contribution in [0.25, 0.3) is 11.1 Å². The normalized spacial score (nSPS) is 15.5. The van der Waals surface area contributed by atoms with Crippen LogP contribution in [0, 0.1) is 12.7 Å². The fourth-order valence-corrected chi connectivity index (χ4v) is 5.92. The molecule has 3 aromatic rings. The van der Waals surface area contributed by atoms with Gasteiger partial charge in [-0.2, -0.15) is 26.3 Å². The molecule has 0 aliphatic carbocycles. The molecule has 0 bridgehead atoms. The van der Waals surface area contributed by atoms with E-state index in [2.05, 4.69) is 4.98 Å². The van der Waals surface area contributed by atoms with E-state index in [-0.39, 0.29) is 30.0 Å². The lowest BCUT2D eigenvalue weighted by Gasteiger charge is -2.32. The second-order valence-electron chi connectivity index (χ2n) is 10.7. The van der Waals surface area contributed by atoms with Crippen molar-refractivity contribution in [2.45, 2.75) is 38.5 Å². The van der Waals surface area contributed by atoms with Gasteiger partial charge in [0.2, 0.25) is 5.91 Å². The maximum atomic E-state index is 14.0. The number of amides is 1. The van der Waals surface area contributed by atoms with Crippen molar-refractivity contribution >= 4 is 27.2 Å². The van der Waals surface area contributed by atoms with Crippen molar-refractivity contribution in [1.29, 1.82) is 0 Å². The molecule has 1 amide bonds. The average Bonchev–Trinajstić information content (AvgIpc) is 2.90. The zero-order chi connectivity index (χ0) is 32.1. The third-order valence-electron chi connectivity index (χ3n) is 7.15. The molecule has 0 spiro atoms. The van der Waals surface area contributed by atoms with Crippen LogP contribution in [0.1, 0.15) is 36.1 Å². The number of likely N-dealkylation sites (N-methyl/N-ethyl adjacent to an activating group) is 1. The number of benzene rings is 2. The standard InChI is InChI=1S/C29H26F7N3O3S/c1-17-10-21(30)6-7-22(17)23-14-25(39-8-5-9-43(41,42)16-39)37-15-24(23)38(4)26(40)27(2,3)18-11-19(28(31,32)33)13-20(12-18)29(34,35)36/h5-7,9-15H,8,16H2,1-4H3. The van der Waals surface area contributed by atoms with Gasteiger partial charge in [-0.1, -0.05) is 12.1 Å². The lowest BCUT2D eigenvalue weighted by atomic mass is 9.81. The molecule has 0 N–H and O–H groups in total. The molecule has 1 aromatic heterocycles. The van der Waals surface area contributed by atoms with Gasteiger partial charge in [0.25, 0.3) is 0 Å². The number of aromatic nitrogens is 1. The van der Waals surface area contributed by atoms with E-state index < -0.39 is 56.0 Å². The van der Waals surface area contributed by atoms with Gasteiger partial charge in [0.1, 0.15) is 17.5 Å². The summed E-state index contributed by atoms with van der Waals surface area (Å²) in [5, 5.41) is 1.08. The Morgan fingerprint density at radius 1 is 0.907 bits per heavy atom. The van der Waals surface area contributed by atoms with Crippen LogP contribution >= 0.6 is 0 Å². The van der Waals surface area contributed by atoms with E-state index in [4.69, 9.17) is 0 Å². The first-order chi connectivity index (χ1) is 19.7. The third-order valence-corrected chi connectivity index (χ3v) is 8.42. The first kappa shape index (κ1) is 32.0. The van der Waals surface area contributed by atoms with Crippen LogP contribution in [-0.4, -0.2) is 38.8 Å². The molecular weight excluding hydrogens is 603 g/mol. The van der Waals surface area contributed by atoms with Crippen molar-refractivity contribution in [2.75, 3.05) is 29.3 Å². The molecule has 230 valence electrons. The van der Waals surface area contributed by atoms with Crippen molar-refractivity contribution in [1.82, 2.24) is 4.98 Å². The molecule has 0 radical (unpaired) electrons. The Balaban J connectivity index is 1.84. The summed E-state index contributed by atoms with van der Waals surface area (Å²) in [6.45, 7) is 4.21. The van der Waals surface area contributed by atoms with Crippen LogP contribution < -0.4 is 9.80 Å². The Labute approximate surface area is 243 Å². The van der Waals surface area contributed by atoms with Crippen molar-refractivity contribution in [3.05, 3.63) is 88.2 Å². The van der Waals surface area contributed by atoms with Crippen LogP contribution in [0.3, 0.4) is 0 Å². The summed E-state index contributed by atoms with van der Waals surface area (Å²) in [6.07, 6.45) is -7.53. The quantitative estimate of drug-likeness (QED) is 0.288. The number of nitrogens with zero attached hydrogens (tertiary/aromatic N) is 3. The van der Waals surface area contributed by atoms with Crippen LogP contribution in [0.2, 0.25) is 0 Å². The number of rotatable bonds is 5. The maximum Gasteiger partial charge on any atom is 0.416 e. The van der Waals surface area contributed by atoms with E-state index in [1.165, 1.54) is 62.3 Å². The van der Waals surface area contributed by atoms with Crippen molar-refractivity contribution in [3.8, 4) is 11.1 Å². The monoisotopic (exact) mass is 629 g/mol. The number of carbonyl (C=O) groups excluding carboxylic acids is 1. The number of halogens is 7. The second kappa shape index (κ2) is 11.0. The van der Waals surface area contributed by atoms with Crippen LogP contribution in [0.15, 0.2) is 60.1 Å². The number of hydrogen-bond donors (Lipinski definition) is 0. The Morgan fingerprint density at radius 2 is 1.49 bits per heavy atom. The second-order valence-corrected chi connectivity index (χ2v) is 12.5. The predicted molar refractivity (Wildman–Crippen MR) is 148 cm³/mol. The summed E-state index contributed by atoms with van der Waals surface area (Å²) in [7, 11) is -2.27. The highest BCUT2D eigenvalue weighted by Crippen LogP contribution is 2.41. The van der Waals surface area contributed by atoms with Gasteiger partial charge in [0.05, 0.1) is 28.4 Å². The zero-order valence-electron chi connectivity index (χ0n) is 23.3. The van der Waals surface area contributed by atoms with Crippen molar-refractivity contribution in [2.24, 2.45) is 0 Å². The fourth-order valence-electron chi connectivity index (χ4n) is 4.78. The summed E-state index contributed by atoms with van der Waals surface area (Å²) >= 11 is 0. The van der Waals surface area contributed by atoms with Gasteiger partial charge in [-0.3, -0.25) is 4.79 Å². The zero-order valence-corrected chi connectivity index (χ0v) is 24.1. The van der Waals surface area contributed by atoms with E-state index in [0.29, 0.717) is 28.8 Å². The molecule has 0 unspecified atom stereocenters. The minimum absolute atomic E-state index is 0.0121. The predicted octanol–water partition coefficient (Wildman–Crippen LogP) is 6.88. The molecule has 1 aliphatic heterocycles. The minimum atomic E-state index is -5.11. The van der Waals surface area contributed by atoms with Gasteiger partial charge in [-0.15, -0.1) is 0 Å². The molecule has 14 heteroatoms. The third kappa shape index (κ3) is 6.68. The van der Waals surface area contributed by atoms with Crippen LogP contribution in [-0.2, 0) is 32.4 Å². The summed E-state index contributed by atoms with van der Waals surface area (Å²) < 4.78 is 120. The molecule has 0 atom stereocenters. The largest absolute Gasteiger partial charge is 0.416 e. The van der Waals surface area contributed by atoms with Gasteiger partial charge in [-0.05, 0) is 73.9 Å². The first-order valence-corrected chi connectivity index (χ1v) is 14.4. The van der Waals surface area contributed by atoms with Gasteiger partial charge in [0, 0.05) is 24.6 Å². The van der Waals surface area contributed by atoms with Crippen molar-refractivity contribution in [3.63, 3.8) is 0 Å². The number of sulfone groups is 1. The highest BCUT2D eigenvalue weighted by molar-refractivity contribution is 7.94. The number of anilines is 2. The molecule has 2 aromatic carbocycles. The first-order valence-electron chi connectivity index (χ1n) is 12.7. The topological polar surface area (TPSA) is 70.6 Å². The number of alkyl halides is 6. The van der Waals surface area contributed by atoms with E-state index in [1.54, 1.807) is 6.92 Å². The lowest BCUT2D eigenvalue weighted by Crippen LogP contribution is -2.42. The van der Waals surface area contributed by atoms with Crippen LogP contribution in [0.5, 0.6) is 0 Å². The van der Waals surface area contributed by atoms with Gasteiger partial charge in [-0.25, -0.2) is 17.8 Å². The summed E-state index contributed by atoms with van der Waals surface area (Å²) in [6, 6.07) is 6.35. The molecule has 0 saturated heterocycles. The Kier molecular flexibility index (Phi) is 8.15. The number of pyridine rings is 1. The van der Waals surface area contributed by atoms with Gasteiger partial charge < -0.3 is 9.80 Å². The fraction of sp³-hybridized carbons (Fsp3) is 0.310. The van der Waals surface area contributed by atoms with E-state index in [1.807, 2.05) is 0 Å². The number of aryl methyl sites for hydroxylation is 1. The highest BCUT2D eigenvalue weighted by atomic mass is 32.2. The maximum absolute atomic E-state index is 14.0. The van der Waals surface area contributed by atoms with E-state index in [0.717, 1.165) is 10.3 Å². The number of hydrogen-bond acceptors (Lipinski definition) is 5. The lowest BCUT2D eigenvalue weighted by molar-refractivity contribution is -0.143. The van der Waals surface area contributed by atoms with E-state index in [9.17, 15) is 43.9 Å². The molecular formula is C29H26F7N3O3S. The molecule has 6 nitrogen and oxygen atoms in total. The summed E-state index contributed by atoms with van der Waals surface area (Å²) in [5.41, 5.74) is -4.23. The number of carbonyl (C=O) groups is 1.